The van der Waals surface area contributed by atoms with Gasteiger partial charge in [0, 0.05) is 15.3 Å². The van der Waals surface area contributed by atoms with Gasteiger partial charge in [-0.3, -0.25) is 4.79 Å². The normalized spacial score (nSPS) is 10.8. The number of thioether (sulfide) groups is 1. The van der Waals surface area contributed by atoms with E-state index < -0.39 is 0 Å². The molecule has 7 heteroatoms. The number of carbonyl (C=O) groups excluding carboxylic acids is 1. The first-order chi connectivity index (χ1) is 9.56. The molecule has 0 radical (unpaired) electrons. The summed E-state index contributed by atoms with van der Waals surface area (Å²) in [4.78, 5) is 11.9. The Morgan fingerprint density at radius 1 is 1.50 bits per heavy atom. The van der Waals surface area contributed by atoms with Crippen molar-refractivity contribution in [3.05, 3.63) is 34.2 Å². The molecule has 1 amide bonds. The molecule has 2 aromatic rings. The van der Waals surface area contributed by atoms with Crippen molar-refractivity contribution in [2.45, 2.75) is 25.0 Å². The second-order valence-electron chi connectivity index (χ2n) is 4.46. The number of hydrogen-bond donors (Lipinski definition) is 1. The lowest BCUT2D eigenvalue weighted by Gasteiger charge is -2.09. The van der Waals surface area contributed by atoms with E-state index in [4.69, 9.17) is 0 Å². The third-order valence-corrected chi connectivity index (χ3v) is 4.17. The monoisotopic (exact) mass is 402 g/mol. The highest BCUT2D eigenvalue weighted by atomic mass is 127. The maximum Gasteiger partial charge on any atom is 0.234 e. The molecule has 1 aromatic carbocycles. The van der Waals surface area contributed by atoms with Crippen LogP contribution in [0.25, 0.3) is 0 Å². The Kier molecular flexibility index (Phi) is 5.41. The van der Waals surface area contributed by atoms with Gasteiger partial charge in [-0.25, -0.2) is 0 Å². The van der Waals surface area contributed by atoms with Crippen molar-refractivity contribution in [2.75, 3.05) is 11.1 Å². The van der Waals surface area contributed by atoms with Gasteiger partial charge in [0.05, 0.1) is 5.75 Å². The van der Waals surface area contributed by atoms with Crippen LogP contribution in [-0.2, 0) is 4.79 Å². The van der Waals surface area contributed by atoms with Gasteiger partial charge in [-0.15, -0.1) is 10.2 Å². The maximum atomic E-state index is 11.9. The number of nitrogens with one attached hydrogen (secondary N) is 1. The molecule has 5 nitrogen and oxygen atoms in total. The van der Waals surface area contributed by atoms with Gasteiger partial charge in [-0.2, -0.15) is 0 Å². The van der Waals surface area contributed by atoms with Gasteiger partial charge in [0.1, 0.15) is 6.33 Å². The average Bonchev–Trinajstić information content (AvgIpc) is 2.85. The van der Waals surface area contributed by atoms with E-state index in [2.05, 4.69) is 52.0 Å². The number of anilines is 1. The predicted octanol–water partition coefficient (Wildman–Crippen LogP) is 3.19. The molecule has 0 aliphatic carbocycles. The van der Waals surface area contributed by atoms with Crippen LogP contribution in [0.15, 0.2) is 35.7 Å². The summed E-state index contributed by atoms with van der Waals surface area (Å²) < 4.78 is 3.04. The van der Waals surface area contributed by atoms with Crippen molar-refractivity contribution < 1.29 is 4.79 Å². The summed E-state index contributed by atoms with van der Waals surface area (Å²) in [6, 6.07) is 7.99. The Labute approximate surface area is 135 Å². The van der Waals surface area contributed by atoms with Gasteiger partial charge in [0.2, 0.25) is 5.91 Å². The summed E-state index contributed by atoms with van der Waals surface area (Å²) in [7, 11) is 0. The molecule has 0 atom stereocenters. The highest BCUT2D eigenvalue weighted by molar-refractivity contribution is 14.1. The van der Waals surface area contributed by atoms with Crippen molar-refractivity contribution in [1.29, 1.82) is 0 Å². The fourth-order valence-corrected chi connectivity index (χ4v) is 2.97. The van der Waals surface area contributed by atoms with Crippen molar-refractivity contribution >= 4 is 45.9 Å². The largest absolute Gasteiger partial charge is 0.325 e. The summed E-state index contributed by atoms with van der Waals surface area (Å²) in [5, 5.41) is 11.5. The molecule has 106 valence electrons. The quantitative estimate of drug-likeness (QED) is 0.617. The second kappa shape index (κ2) is 7.07. The van der Waals surface area contributed by atoms with Gasteiger partial charge in [0.25, 0.3) is 0 Å². The fourth-order valence-electron chi connectivity index (χ4n) is 1.58. The molecule has 20 heavy (non-hydrogen) atoms. The van der Waals surface area contributed by atoms with Crippen molar-refractivity contribution in [1.82, 2.24) is 14.8 Å². The van der Waals surface area contributed by atoms with Crippen LogP contribution in [0, 0.1) is 3.57 Å². The fraction of sp³-hybridized carbons (Fsp3) is 0.308. The summed E-state index contributed by atoms with van der Waals surface area (Å²) in [6.45, 7) is 4.11. The highest BCUT2D eigenvalue weighted by Gasteiger charge is 2.10. The minimum Gasteiger partial charge on any atom is -0.325 e. The Balaban J connectivity index is 1.91. The predicted molar refractivity (Wildman–Crippen MR) is 88.9 cm³/mol. The Morgan fingerprint density at radius 3 is 3.00 bits per heavy atom. The van der Waals surface area contributed by atoms with E-state index in [9.17, 15) is 4.79 Å². The Bertz CT molecular complexity index is 600. The summed E-state index contributed by atoms with van der Waals surface area (Å²) in [5.41, 5.74) is 0.813. The number of hydrogen-bond acceptors (Lipinski definition) is 4. The van der Waals surface area contributed by atoms with Crippen LogP contribution >= 0.6 is 34.4 Å². The number of aromatic nitrogens is 3. The van der Waals surface area contributed by atoms with E-state index in [1.807, 2.05) is 28.8 Å². The van der Waals surface area contributed by atoms with E-state index >= 15 is 0 Å². The summed E-state index contributed by atoms with van der Waals surface area (Å²) in [5.74, 6) is 0.270. The van der Waals surface area contributed by atoms with Gasteiger partial charge >= 0.3 is 0 Å². The molecular weight excluding hydrogens is 387 g/mol. The van der Waals surface area contributed by atoms with Crippen LogP contribution < -0.4 is 5.32 Å². The standard InChI is InChI=1S/C13H15IN4OS/c1-9(2)18-8-15-17-13(18)20-7-12(19)16-11-5-3-4-10(14)6-11/h3-6,8-9H,7H2,1-2H3,(H,16,19). The molecule has 1 N–H and O–H groups in total. The van der Waals surface area contributed by atoms with Crippen LogP contribution in [0.2, 0.25) is 0 Å². The maximum absolute atomic E-state index is 11.9. The molecule has 0 saturated carbocycles. The van der Waals surface area contributed by atoms with Crippen LogP contribution in [0.5, 0.6) is 0 Å². The first-order valence-electron chi connectivity index (χ1n) is 6.14. The topological polar surface area (TPSA) is 59.8 Å². The first-order valence-corrected chi connectivity index (χ1v) is 8.20. The van der Waals surface area contributed by atoms with Crippen LogP contribution in [0.3, 0.4) is 0 Å². The summed E-state index contributed by atoms with van der Waals surface area (Å²) >= 11 is 3.60. The van der Waals surface area contributed by atoms with Gasteiger partial charge in [-0.1, -0.05) is 17.8 Å². The minimum atomic E-state index is -0.0460. The second-order valence-corrected chi connectivity index (χ2v) is 6.65. The van der Waals surface area contributed by atoms with E-state index in [1.54, 1.807) is 6.33 Å². The molecule has 0 unspecified atom stereocenters. The van der Waals surface area contributed by atoms with E-state index in [1.165, 1.54) is 11.8 Å². The molecule has 0 saturated heterocycles. The zero-order valence-corrected chi connectivity index (χ0v) is 14.2. The van der Waals surface area contributed by atoms with Crippen LogP contribution in [0.4, 0.5) is 5.69 Å². The van der Waals surface area contributed by atoms with Gasteiger partial charge in [-0.05, 0) is 54.6 Å². The number of benzene rings is 1. The van der Waals surface area contributed by atoms with Crippen molar-refractivity contribution in [3.8, 4) is 0 Å². The third kappa shape index (κ3) is 4.20. The first kappa shape index (κ1) is 15.3. The number of nitrogens with zero attached hydrogens (tertiary/aromatic N) is 3. The molecular formula is C13H15IN4OS. The number of rotatable bonds is 5. The van der Waals surface area contributed by atoms with E-state index in [-0.39, 0.29) is 11.9 Å². The van der Waals surface area contributed by atoms with E-state index in [0.717, 1.165) is 14.4 Å². The number of amides is 1. The van der Waals surface area contributed by atoms with Crippen LogP contribution in [0.1, 0.15) is 19.9 Å². The molecule has 0 spiro atoms. The molecule has 0 fully saturated rings. The number of carbonyl (C=O) groups is 1. The Morgan fingerprint density at radius 2 is 2.30 bits per heavy atom. The summed E-state index contributed by atoms with van der Waals surface area (Å²) in [6.07, 6.45) is 1.68. The van der Waals surface area contributed by atoms with Crippen molar-refractivity contribution in [3.63, 3.8) is 0 Å². The Hall–Kier alpha value is -1.09. The molecule has 2 rings (SSSR count). The smallest absolute Gasteiger partial charge is 0.234 e. The lowest BCUT2D eigenvalue weighted by atomic mass is 10.3. The van der Waals surface area contributed by atoms with E-state index in [0.29, 0.717) is 5.75 Å². The molecule has 1 heterocycles. The number of halogens is 1. The lowest BCUT2D eigenvalue weighted by Crippen LogP contribution is -2.14. The van der Waals surface area contributed by atoms with Crippen LogP contribution in [-0.4, -0.2) is 26.4 Å². The van der Waals surface area contributed by atoms with Gasteiger partial charge in [0.15, 0.2) is 5.16 Å². The SMILES string of the molecule is CC(C)n1cnnc1SCC(=O)Nc1cccc(I)c1. The molecule has 0 bridgehead atoms. The zero-order valence-electron chi connectivity index (χ0n) is 11.2. The molecule has 0 aliphatic rings. The highest BCUT2D eigenvalue weighted by Crippen LogP contribution is 2.19. The molecule has 0 aliphatic heterocycles. The third-order valence-electron chi connectivity index (χ3n) is 2.54. The zero-order chi connectivity index (χ0) is 14.5. The minimum absolute atomic E-state index is 0.0460. The lowest BCUT2D eigenvalue weighted by molar-refractivity contribution is -0.113. The average molecular weight is 402 g/mol. The molecule has 1 aromatic heterocycles. The van der Waals surface area contributed by atoms with Crippen molar-refractivity contribution in [2.24, 2.45) is 0 Å². The van der Waals surface area contributed by atoms with Gasteiger partial charge < -0.3 is 9.88 Å².